The zero-order chi connectivity index (χ0) is 14.2. The van der Waals surface area contributed by atoms with Gasteiger partial charge in [0.25, 0.3) is 0 Å². The molecule has 0 aromatic rings. The second-order valence-corrected chi connectivity index (χ2v) is 6.07. The molecule has 2 atom stereocenters. The summed E-state index contributed by atoms with van der Waals surface area (Å²) in [4.78, 5) is 0. The third-order valence-electron chi connectivity index (χ3n) is 3.66. The SMILES string of the molecule is CCCCC(C)CCC.CCCCC(C)CCC. The summed E-state index contributed by atoms with van der Waals surface area (Å²) in [5, 5.41) is 0. The molecule has 0 spiro atoms. The van der Waals surface area contributed by atoms with E-state index in [-0.39, 0.29) is 0 Å². The standard InChI is InChI=1S/2C9H20/c2*1-4-6-8-9(3)7-5-2/h2*9H,4-8H2,1-3H3. The van der Waals surface area contributed by atoms with Crippen LogP contribution in [0, 0.1) is 11.8 Å². The molecule has 0 bridgehead atoms. The van der Waals surface area contributed by atoms with Gasteiger partial charge in [-0.3, -0.25) is 0 Å². The van der Waals surface area contributed by atoms with Gasteiger partial charge in [-0.2, -0.15) is 0 Å². The summed E-state index contributed by atoms with van der Waals surface area (Å²) >= 11 is 0. The molecule has 0 rings (SSSR count). The lowest BCUT2D eigenvalue weighted by atomic mass is 10.00. The van der Waals surface area contributed by atoms with Gasteiger partial charge in [-0.1, -0.05) is 106 Å². The van der Waals surface area contributed by atoms with Gasteiger partial charge in [-0.15, -0.1) is 0 Å². The minimum atomic E-state index is 0.968. The Morgan fingerprint density at radius 3 is 1.06 bits per heavy atom. The Hall–Kier alpha value is 0. The molecule has 112 valence electrons. The predicted octanol–water partition coefficient (Wildman–Crippen LogP) is 7.23. The third kappa shape index (κ3) is 18.4. The number of unbranched alkanes of at least 4 members (excludes halogenated alkanes) is 2. The van der Waals surface area contributed by atoms with Crippen LogP contribution in [0.25, 0.3) is 0 Å². The summed E-state index contributed by atoms with van der Waals surface area (Å²) in [7, 11) is 0. The third-order valence-corrected chi connectivity index (χ3v) is 3.66. The van der Waals surface area contributed by atoms with E-state index in [1.54, 1.807) is 0 Å². The van der Waals surface area contributed by atoms with Crippen LogP contribution >= 0.6 is 0 Å². The molecular formula is C18H40. The number of rotatable bonds is 10. The Bertz CT molecular complexity index is 112. The van der Waals surface area contributed by atoms with Crippen LogP contribution in [-0.4, -0.2) is 0 Å². The lowest BCUT2D eigenvalue weighted by Crippen LogP contribution is -1.92. The van der Waals surface area contributed by atoms with Crippen LogP contribution in [-0.2, 0) is 0 Å². The first-order valence-corrected chi connectivity index (χ1v) is 8.62. The molecule has 0 heteroatoms. The summed E-state index contributed by atoms with van der Waals surface area (Å²) in [6, 6.07) is 0. The summed E-state index contributed by atoms with van der Waals surface area (Å²) in [5.74, 6) is 1.94. The Labute approximate surface area is 118 Å². The van der Waals surface area contributed by atoms with Gasteiger partial charge in [-0.25, -0.2) is 0 Å². The summed E-state index contributed by atoms with van der Waals surface area (Å²) in [5.41, 5.74) is 0. The maximum absolute atomic E-state index is 2.36. The molecule has 0 amide bonds. The van der Waals surface area contributed by atoms with E-state index in [0.717, 1.165) is 11.8 Å². The first kappa shape index (κ1) is 20.3. The zero-order valence-electron chi connectivity index (χ0n) is 14.2. The van der Waals surface area contributed by atoms with Crippen LogP contribution in [0.3, 0.4) is 0 Å². The van der Waals surface area contributed by atoms with Crippen molar-refractivity contribution in [2.24, 2.45) is 11.8 Å². The molecule has 18 heavy (non-hydrogen) atoms. The van der Waals surface area contributed by atoms with Crippen LogP contribution in [0.1, 0.15) is 106 Å². The Kier molecular flexibility index (Phi) is 19.2. The minimum Gasteiger partial charge on any atom is -0.0654 e. The van der Waals surface area contributed by atoms with Gasteiger partial charge in [0, 0.05) is 0 Å². The van der Waals surface area contributed by atoms with E-state index in [9.17, 15) is 0 Å². The van der Waals surface area contributed by atoms with Crippen molar-refractivity contribution in [3.05, 3.63) is 0 Å². The smallest absolute Gasteiger partial charge is 0.0443 e. The predicted molar refractivity (Wildman–Crippen MR) is 87.2 cm³/mol. The van der Waals surface area contributed by atoms with Gasteiger partial charge in [0.15, 0.2) is 0 Å². The average Bonchev–Trinajstić information content (AvgIpc) is 2.35. The van der Waals surface area contributed by atoms with Gasteiger partial charge < -0.3 is 0 Å². The molecule has 0 aliphatic rings. The maximum atomic E-state index is 2.36. The molecule has 0 aliphatic carbocycles. The fourth-order valence-corrected chi connectivity index (χ4v) is 2.38. The lowest BCUT2D eigenvalue weighted by molar-refractivity contribution is 0.466. The van der Waals surface area contributed by atoms with E-state index in [4.69, 9.17) is 0 Å². The molecule has 0 aliphatic heterocycles. The second-order valence-electron chi connectivity index (χ2n) is 6.07. The summed E-state index contributed by atoms with van der Waals surface area (Å²) in [6.45, 7) is 13.8. The molecule has 0 radical (unpaired) electrons. The molecule has 0 saturated carbocycles. The van der Waals surface area contributed by atoms with Crippen molar-refractivity contribution in [2.45, 2.75) is 106 Å². The van der Waals surface area contributed by atoms with Gasteiger partial charge in [-0.05, 0) is 11.8 Å². The minimum absolute atomic E-state index is 0.968. The van der Waals surface area contributed by atoms with Crippen LogP contribution in [0.4, 0.5) is 0 Å². The highest BCUT2D eigenvalue weighted by Crippen LogP contribution is 2.13. The highest BCUT2D eigenvalue weighted by atomic mass is 14.0. The van der Waals surface area contributed by atoms with E-state index in [1.165, 1.54) is 64.2 Å². The van der Waals surface area contributed by atoms with Crippen LogP contribution < -0.4 is 0 Å². The molecule has 0 N–H and O–H groups in total. The molecule has 0 aromatic heterocycles. The maximum Gasteiger partial charge on any atom is -0.0443 e. The summed E-state index contributed by atoms with van der Waals surface area (Å²) in [6.07, 6.45) is 14.0. The van der Waals surface area contributed by atoms with E-state index in [2.05, 4.69) is 41.5 Å². The summed E-state index contributed by atoms with van der Waals surface area (Å²) < 4.78 is 0. The van der Waals surface area contributed by atoms with Crippen molar-refractivity contribution in [3.63, 3.8) is 0 Å². The first-order chi connectivity index (χ1) is 8.62. The van der Waals surface area contributed by atoms with Crippen LogP contribution in [0.2, 0.25) is 0 Å². The van der Waals surface area contributed by atoms with Crippen molar-refractivity contribution in [1.29, 1.82) is 0 Å². The van der Waals surface area contributed by atoms with Crippen molar-refractivity contribution in [1.82, 2.24) is 0 Å². The van der Waals surface area contributed by atoms with E-state index in [0.29, 0.717) is 0 Å². The topological polar surface area (TPSA) is 0 Å². The fourth-order valence-electron chi connectivity index (χ4n) is 2.38. The zero-order valence-corrected chi connectivity index (χ0v) is 14.2. The molecule has 2 unspecified atom stereocenters. The van der Waals surface area contributed by atoms with Crippen LogP contribution in [0.5, 0.6) is 0 Å². The number of hydrogen-bond donors (Lipinski definition) is 0. The molecule has 0 saturated heterocycles. The van der Waals surface area contributed by atoms with E-state index >= 15 is 0 Å². The van der Waals surface area contributed by atoms with Crippen molar-refractivity contribution in [2.75, 3.05) is 0 Å². The highest BCUT2D eigenvalue weighted by Gasteiger charge is 1.98. The average molecular weight is 257 g/mol. The molecule has 0 aromatic carbocycles. The van der Waals surface area contributed by atoms with Crippen LogP contribution in [0.15, 0.2) is 0 Å². The van der Waals surface area contributed by atoms with Gasteiger partial charge in [0.2, 0.25) is 0 Å². The second kappa shape index (κ2) is 17.0. The Morgan fingerprint density at radius 1 is 0.500 bits per heavy atom. The lowest BCUT2D eigenvalue weighted by Gasteiger charge is -2.07. The molecule has 0 heterocycles. The fraction of sp³-hybridized carbons (Fsp3) is 1.00. The van der Waals surface area contributed by atoms with E-state index < -0.39 is 0 Å². The molecule has 0 nitrogen and oxygen atoms in total. The quantitative estimate of drug-likeness (QED) is 0.387. The van der Waals surface area contributed by atoms with Gasteiger partial charge in [0.1, 0.15) is 0 Å². The number of hydrogen-bond acceptors (Lipinski definition) is 0. The molecular weight excluding hydrogens is 216 g/mol. The van der Waals surface area contributed by atoms with Gasteiger partial charge >= 0.3 is 0 Å². The Balaban J connectivity index is 0. The highest BCUT2D eigenvalue weighted by molar-refractivity contribution is 4.51. The van der Waals surface area contributed by atoms with Crippen molar-refractivity contribution < 1.29 is 0 Å². The largest absolute Gasteiger partial charge is 0.0654 e. The molecule has 0 fully saturated rings. The monoisotopic (exact) mass is 256 g/mol. The normalized spacial score (nSPS) is 13.7. The van der Waals surface area contributed by atoms with Crippen molar-refractivity contribution in [3.8, 4) is 0 Å². The Morgan fingerprint density at radius 2 is 0.833 bits per heavy atom. The van der Waals surface area contributed by atoms with Crippen molar-refractivity contribution >= 4 is 0 Å². The van der Waals surface area contributed by atoms with Gasteiger partial charge in [0.05, 0.1) is 0 Å². The first-order valence-electron chi connectivity index (χ1n) is 8.62. The van der Waals surface area contributed by atoms with E-state index in [1.807, 2.05) is 0 Å².